The maximum absolute atomic E-state index is 12.7. The van der Waals surface area contributed by atoms with Crippen molar-refractivity contribution in [1.29, 1.82) is 0 Å². The van der Waals surface area contributed by atoms with E-state index in [1.165, 1.54) is 6.07 Å². The van der Waals surface area contributed by atoms with Crippen molar-refractivity contribution >= 4 is 6.09 Å². The van der Waals surface area contributed by atoms with Crippen LogP contribution in [0.2, 0.25) is 0 Å². The maximum atomic E-state index is 12.7. The van der Waals surface area contributed by atoms with Crippen LogP contribution in [-0.2, 0) is 19.9 Å². The van der Waals surface area contributed by atoms with Crippen LogP contribution in [0.1, 0.15) is 30.7 Å². The Morgan fingerprint density at radius 1 is 1.06 bits per heavy atom. The molecule has 174 valence electrons. The molecule has 34 heavy (non-hydrogen) atoms. The number of aromatic nitrogens is 4. The minimum atomic E-state index is -0.877. The summed E-state index contributed by atoms with van der Waals surface area (Å²) in [5.74, 6) is 0.762. The fourth-order valence-electron chi connectivity index (χ4n) is 3.86. The molecule has 0 saturated carbocycles. The van der Waals surface area contributed by atoms with Crippen LogP contribution in [0.3, 0.4) is 0 Å². The summed E-state index contributed by atoms with van der Waals surface area (Å²) in [4.78, 5) is 23.9. The molecule has 0 bridgehead atoms. The number of rotatable bonds is 7. The summed E-state index contributed by atoms with van der Waals surface area (Å²) in [7, 11) is 1.88. The third-order valence-corrected chi connectivity index (χ3v) is 5.43. The molecule has 0 unspecified atom stereocenters. The number of nitrogens with two attached hydrogens (primary N) is 1. The Labute approximate surface area is 197 Å². The van der Waals surface area contributed by atoms with E-state index in [1.807, 2.05) is 49.8 Å². The van der Waals surface area contributed by atoms with Crippen LogP contribution in [0.15, 0.2) is 71.9 Å². The molecular weight excluding hydrogens is 430 g/mol. The third-order valence-electron chi connectivity index (χ3n) is 5.43. The van der Waals surface area contributed by atoms with Gasteiger partial charge in [0.15, 0.2) is 0 Å². The van der Waals surface area contributed by atoms with Gasteiger partial charge in [0, 0.05) is 37.5 Å². The van der Waals surface area contributed by atoms with Crippen molar-refractivity contribution in [1.82, 2.24) is 19.6 Å². The molecule has 0 saturated heterocycles. The first-order chi connectivity index (χ1) is 16.3. The number of nitrogens with zero attached hydrogens (tertiary/aromatic N) is 4. The minimum Gasteiger partial charge on any atom is -0.410 e. The van der Waals surface area contributed by atoms with E-state index in [1.54, 1.807) is 27.7 Å². The standard InChI is InChI=1S/C26H27N5O3/c1-17(2)12-19-6-9-23(34-26(27)33)13-20(19)14-24-25(32)10-11-31(29-24)22-7-4-18(5-8-22)21-15-28-30(3)16-21/h4-11,13,15-17H,12,14H2,1-3H3,(H2,27,33). The zero-order valence-corrected chi connectivity index (χ0v) is 19.4. The van der Waals surface area contributed by atoms with E-state index >= 15 is 0 Å². The molecule has 0 aliphatic carbocycles. The second kappa shape index (κ2) is 9.74. The van der Waals surface area contributed by atoms with Gasteiger partial charge < -0.3 is 10.5 Å². The van der Waals surface area contributed by atoms with E-state index in [0.717, 1.165) is 34.4 Å². The third kappa shape index (κ3) is 5.40. The monoisotopic (exact) mass is 457 g/mol. The molecule has 0 spiro atoms. The van der Waals surface area contributed by atoms with Crippen LogP contribution < -0.4 is 15.9 Å². The van der Waals surface area contributed by atoms with E-state index in [0.29, 0.717) is 23.8 Å². The lowest BCUT2D eigenvalue weighted by molar-refractivity contribution is 0.211. The number of primary amides is 1. The van der Waals surface area contributed by atoms with Gasteiger partial charge in [-0.05, 0) is 53.3 Å². The molecular formula is C26H27N5O3. The van der Waals surface area contributed by atoms with Crippen molar-refractivity contribution in [2.75, 3.05) is 0 Å². The topological polar surface area (TPSA) is 105 Å². The number of carbonyl (C=O) groups excluding carboxylic acids is 1. The predicted molar refractivity (Wildman–Crippen MR) is 130 cm³/mol. The van der Waals surface area contributed by atoms with Crippen LogP contribution in [0.25, 0.3) is 16.8 Å². The lowest BCUT2D eigenvalue weighted by Gasteiger charge is -2.14. The Morgan fingerprint density at radius 3 is 2.47 bits per heavy atom. The first-order valence-corrected chi connectivity index (χ1v) is 11.1. The average Bonchev–Trinajstić information content (AvgIpc) is 3.23. The molecule has 1 amide bonds. The first-order valence-electron chi connectivity index (χ1n) is 11.1. The van der Waals surface area contributed by atoms with Gasteiger partial charge in [0.05, 0.1) is 11.9 Å². The maximum Gasteiger partial charge on any atom is 0.409 e. The fraction of sp³-hybridized carbons (Fsp3) is 0.231. The predicted octanol–water partition coefficient (Wildman–Crippen LogP) is 3.88. The second-order valence-corrected chi connectivity index (χ2v) is 8.65. The van der Waals surface area contributed by atoms with Crippen molar-refractivity contribution in [3.8, 4) is 22.6 Å². The minimum absolute atomic E-state index is 0.153. The smallest absolute Gasteiger partial charge is 0.409 e. The Balaban J connectivity index is 1.65. The highest BCUT2D eigenvalue weighted by Gasteiger charge is 2.13. The lowest BCUT2D eigenvalue weighted by Crippen LogP contribution is -2.18. The summed E-state index contributed by atoms with van der Waals surface area (Å²) < 4.78 is 8.50. The van der Waals surface area contributed by atoms with Gasteiger partial charge in [-0.1, -0.05) is 32.0 Å². The van der Waals surface area contributed by atoms with Crippen molar-refractivity contribution in [2.24, 2.45) is 18.7 Å². The molecule has 8 nitrogen and oxygen atoms in total. The van der Waals surface area contributed by atoms with E-state index in [9.17, 15) is 9.59 Å². The van der Waals surface area contributed by atoms with Gasteiger partial charge in [0.2, 0.25) is 5.43 Å². The van der Waals surface area contributed by atoms with Gasteiger partial charge >= 0.3 is 6.09 Å². The van der Waals surface area contributed by atoms with Gasteiger partial charge in [-0.3, -0.25) is 9.48 Å². The van der Waals surface area contributed by atoms with Gasteiger partial charge in [-0.25, -0.2) is 9.48 Å². The van der Waals surface area contributed by atoms with E-state index in [4.69, 9.17) is 10.5 Å². The Bertz CT molecular complexity index is 1370. The number of benzene rings is 2. The van der Waals surface area contributed by atoms with Gasteiger partial charge in [0.1, 0.15) is 11.4 Å². The van der Waals surface area contributed by atoms with E-state index < -0.39 is 6.09 Å². The highest BCUT2D eigenvalue weighted by Crippen LogP contribution is 2.23. The summed E-state index contributed by atoms with van der Waals surface area (Å²) in [5, 5.41) is 8.82. The Kier molecular flexibility index (Phi) is 6.58. The molecule has 2 aromatic heterocycles. The van der Waals surface area contributed by atoms with E-state index in [-0.39, 0.29) is 5.43 Å². The summed E-state index contributed by atoms with van der Waals surface area (Å²) in [6.45, 7) is 4.25. The molecule has 4 aromatic rings. The molecule has 0 fully saturated rings. The summed E-state index contributed by atoms with van der Waals surface area (Å²) in [5.41, 5.74) is 10.3. The van der Waals surface area contributed by atoms with Crippen LogP contribution >= 0.6 is 0 Å². The lowest BCUT2D eigenvalue weighted by atomic mass is 9.95. The molecule has 4 rings (SSSR count). The van der Waals surface area contributed by atoms with E-state index in [2.05, 4.69) is 24.0 Å². The van der Waals surface area contributed by atoms with Crippen molar-refractivity contribution in [3.05, 3.63) is 94.2 Å². The Hall–Kier alpha value is -4.20. The summed E-state index contributed by atoms with van der Waals surface area (Å²) in [6.07, 6.45) is 5.68. The largest absolute Gasteiger partial charge is 0.410 e. The molecule has 0 radical (unpaired) electrons. The molecule has 2 aromatic carbocycles. The molecule has 0 aliphatic rings. The quantitative estimate of drug-likeness (QED) is 0.453. The molecule has 2 heterocycles. The zero-order valence-electron chi connectivity index (χ0n) is 19.4. The van der Waals surface area contributed by atoms with Crippen molar-refractivity contribution in [3.63, 3.8) is 0 Å². The van der Waals surface area contributed by atoms with Gasteiger partial charge in [0.25, 0.3) is 0 Å². The normalized spacial score (nSPS) is 11.1. The van der Waals surface area contributed by atoms with Crippen LogP contribution in [0, 0.1) is 5.92 Å². The van der Waals surface area contributed by atoms with Gasteiger partial charge in [-0.2, -0.15) is 10.2 Å². The number of amides is 1. The SMILES string of the molecule is CC(C)Cc1ccc(OC(N)=O)cc1Cc1nn(-c2ccc(-c3cnn(C)c3)cc2)ccc1=O. The fourth-order valence-corrected chi connectivity index (χ4v) is 3.86. The zero-order chi connectivity index (χ0) is 24.2. The summed E-state index contributed by atoms with van der Waals surface area (Å²) >= 11 is 0. The number of hydrogen-bond donors (Lipinski definition) is 1. The average molecular weight is 458 g/mol. The number of aryl methyl sites for hydroxylation is 1. The number of ether oxygens (including phenoxy) is 1. The molecule has 2 N–H and O–H groups in total. The van der Waals surface area contributed by atoms with Crippen LogP contribution in [0.5, 0.6) is 5.75 Å². The highest BCUT2D eigenvalue weighted by molar-refractivity contribution is 5.68. The molecule has 8 heteroatoms. The Morgan fingerprint density at radius 2 is 1.82 bits per heavy atom. The van der Waals surface area contributed by atoms with Crippen LogP contribution in [-0.4, -0.2) is 25.7 Å². The van der Waals surface area contributed by atoms with Gasteiger partial charge in [-0.15, -0.1) is 0 Å². The highest BCUT2D eigenvalue weighted by atomic mass is 16.5. The van der Waals surface area contributed by atoms with Crippen LogP contribution in [0.4, 0.5) is 4.79 Å². The number of hydrogen-bond acceptors (Lipinski definition) is 5. The van der Waals surface area contributed by atoms with Crippen molar-refractivity contribution < 1.29 is 9.53 Å². The second-order valence-electron chi connectivity index (χ2n) is 8.65. The molecule has 0 aliphatic heterocycles. The first kappa shape index (κ1) is 23.0. The number of carbonyl (C=O) groups is 1. The van der Waals surface area contributed by atoms with Crippen molar-refractivity contribution in [2.45, 2.75) is 26.7 Å². The summed E-state index contributed by atoms with van der Waals surface area (Å²) in [6, 6.07) is 14.8. The molecule has 0 atom stereocenters.